The summed E-state index contributed by atoms with van der Waals surface area (Å²) in [5.41, 5.74) is 0.274. The van der Waals surface area contributed by atoms with Crippen LogP contribution in [0.25, 0.3) is 0 Å². The summed E-state index contributed by atoms with van der Waals surface area (Å²) in [6, 6.07) is 4.81. The molecule has 0 N–H and O–H groups in total. The van der Waals surface area contributed by atoms with E-state index >= 15 is 0 Å². The van der Waals surface area contributed by atoms with Crippen LogP contribution < -0.4 is 4.90 Å². The lowest BCUT2D eigenvalue weighted by Gasteiger charge is -2.16. The van der Waals surface area contributed by atoms with Gasteiger partial charge in [0.2, 0.25) is 5.91 Å². The third-order valence-electron chi connectivity index (χ3n) is 3.15. The van der Waals surface area contributed by atoms with Gasteiger partial charge in [-0.05, 0) is 40.6 Å². The van der Waals surface area contributed by atoms with Gasteiger partial charge in [-0.15, -0.1) is 0 Å². The van der Waals surface area contributed by atoms with E-state index in [9.17, 15) is 19.7 Å². The Hall–Kier alpha value is -1.16. The molecule has 1 fully saturated rings. The maximum absolute atomic E-state index is 12.1. The Balaban J connectivity index is 2.21. The van der Waals surface area contributed by atoms with Crippen LogP contribution in [-0.4, -0.2) is 28.2 Å². The van der Waals surface area contributed by atoms with Gasteiger partial charge in [-0.3, -0.25) is 19.7 Å². The molecule has 1 heterocycles. The van der Waals surface area contributed by atoms with Crippen molar-refractivity contribution in [3.63, 3.8) is 0 Å². The van der Waals surface area contributed by atoms with Gasteiger partial charge in [0.05, 0.1) is 4.92 Å². The first kappa shape index (κ1) is 16.2. The summed E-state index contributed by atoms with van der Waals surface area (Å²) in [6.07, 6.45) is 0.323. The van der Waals surface area contributed by atoms with Gasteiger partial charge >= 0.3 is 0 Å². The Morgan fingerprint density at radius 1 is 1.57 bits per heavy atom. The molecule has 112 valence electrons. The maximum atomic E-state index is 12.1. The maximum Gasteiger partial charge on any atom is 0.294 e. The van der Waals surface area contributed by atoms with Gasteiger partial charge in [-0.1, -0.05) is 11.8 Å². The van der Waals surface area contributed by atoms with E-state index in [4.69, 9.17) is 0 Å². The van der Waals surface area contributed by atoms with E-state index in [-0.39, 0.29) is 22.6 Å². The third kappa shape index (κ3) is 3.94. The molecule has 21 heavy (non-hydrogen) atoms. The summed E-state index contributed by atoms with van der Waals surface area (Å²) in [6.45, 7) is 1.91. The van der Waals surface area contributed by atoms with Crippen molar-refractivity contribution in [3.8, 4) is 0 Å². The van der Waals surface area contributed by atoms with Crippen molar-refractivity contribution in [2.24, 2.45) is 5.92 Å². The zero-order valence-electron chi connectivity index (χ0n) is 11.2. The molecule has 8 heteroatoms. The standard InChI is InChI=1S/C13H13IN2O4S/c1-8(17)21-7-9-4-13(18)15(6-9)11-3-2-10(14)5-12(11)16(19)20/h2-3,5,9H,4,6-7H2,1H3. The summed E-state index contributed by atoms with van der Waals surface area (Å²) in [4.78, 5) is 35.2. The summed E-state index contributed by atoms with van der Waals surface area (Å²) in [5.74, 6) is 0.481. The Kier molecular flexibility index (Phi) is 5.20. The molecule has 1 unspecified atom stereocenters. The number of nitro groups is 1. The highest BCUT2D eigenvalue weighted by atomic mass is 127. The first-order valence-corrected chi connectivity index (χ1v) is 8.32. The van der Waals surface area contributed by atoms with E-state index in [2.05, 4.69) is 0 Å². The SMILES string of the molecule is CC(=O)SCC1CC(=O)N(c2ccc(I)cc2[N+](=O)[O-])C1. The van der Waals surface area contributed by atoms with Crippen LogP contribution in [0.4, 0.5) is 11.4 Å². The number of nitrogens with zero attached hydrogens (tertiary/aromatic N) is 2. The van der Waals surface area contributed by atoms with Crippen LogP contribution in [0.15, 0.2) is 18.2 Å². The molecule has 1 aliphatic heterocycles. The lowest BCUT2D eigenvalue weighted by Crippen LogP contribution is -2.25. The molecule has 6 nitrogen and oxygen atoms in total. The van der Waals surface area contributed by atoms with Crippen LogP contribution in [0.5, 0.6) is 0 Å². The number of halogens is 1. The van der Waals surface area contributed by atoms with E-state index in [1.54, 1.807) is 12.1 Å². The minimum atomic E-state index is -0.470. The van der Waals surface area contributed by atoms with Crippen molar-refractivity contribution in [2.45, 2.75) is 13.3 Å². The van der Waals surface area contributed by atoms with Gasteiger partial charge in [0, 0.05) is 35.3 Å². The highest BCUT2D eigenvalue weighted by Gasteiger charge is 2.34. The smallest absolute Gasteiger partial charge is 0.294 e. The van der Waals surface area contributed by atoms with Crippen LogP contribution in [-0.2, 0) is 9.59 Å². The van der Waals surface area contributed by atoms with Crippen molar-refractivity contribution in [3.05, 3.63) is 31.9 Å². The monoisotopic (exact) mass is 420 g/mol. The summed E-state index contributed by atoms with van der Waals surface area (Å²) in [5, 5.41) is 11.2. The van der Waals surface area contributed by atoms with Gasteiger partial charge < -0.3 is 4.90 Å². The van der Waals surface area contributed by atoms with E-state index in [0.29, 0.717) is 24.4 Å². The fourth-order valence-corrected chi connectivity index (χ4v) is 3.40. The first-order valence-electron chi connectivity index (χ1n) is 6.26. The molecule has 2 rings (SSSR count). The van der Waals surface area contributed by atoms with E-state index in [1.807, 2.05) is 22.6 Å². The molecule has 0 bridgehead atoms. The van der Waals surface area contributed by atoms with E-state index in [0.717, 1.165) is 3.57 Å². The fraction of sp³-hybridized carbons (Fsp3) is 0.385. The van der Waals surface area contributed by atoms with Gasteiger partial charge in [-0.25, -0.2) is 0 Å². The Morgan fingerprint density at radius 2 is 2.29 bits per heavy atom. The molecule has 0 radical (unpaired) electrons. The fourth-order valence-electron chi connectivity index (χ4n) is 2.23. The van der Waals surface area contributed by atoms with Crippen molar-refractivity contribution in [1.29, 1.82) is 0 Å². The van der Waals surface area contributed by atoms with Gasteiger partial charge in [0.25, 0.3) is 5.69 Å². The van der Waals surface area contributed by atoms with Gasteiger partial charge in [-0.2, -0.15) is 0 Å². The average Bonchev–Trinajstić information content (AvgIpc) is 2.77. The minimum Gasteiger partial charge on any atom is -0.306 e. The molecule has 1 atom stereocenters. The first-order chi connectivity index (χ1) is 9.88. The molecule has 1 aromatic rings. The molecule has 1 aromatic carbocycles. The van der Waals surface area contributed by atoms with Crippen LogP contribution in [0.2, 0.25) is 0 Å². The summed E-state index contributed by atoms with van der Waals surface area (Å²) >= 11 is 3.19. The number of carbonyl (C=O) groups excluding carboxylic acids is 2. The van der Waals surface area contributed by atoms with E-state index < -0.39 is 4.92 Å². The molecular weight excluding hydrogens is 407 g/mol. The number of hydrogen-bond donors (Lipinski definition) is 0. The Labute approximate surface area is 139 Å². The lowest BCUT2D eigenvalue weighted by atomic mass is 10.1. The summed E-state index contributed by atoms with van der Waals surface area (Å²) in [7, 11) is 0. The number of thioether (sulfide) groups is 1. The molecule has 0 aliphatic carbocycles. The number of hydrogen-bond acceptors (Lipinski definition) is 5. The zero-order valence-corrected chi connectivity index (χ0v) is 14.2. The number of amides is 1. The van der Waals surface area contributed by atoms with Gasteiger partial charge in [0.15, 0.2) is 5.12 Å². The molecule has 0 spiro atoms. The topological polar surface area (TPSA) is 80.5 Å². The molecule has 1 aliphatic rings. The second kappa shape index (κ2) is 6.73. The van der Waals surface area contributed by atoms with Gasteiger partial charge in [0.1, 0.15) is 5.69 Å². The lowest BCUT2D eigenvalue weighted by molar-refractivity contribution is -0.384. The van der Waals surface area contributed by atoms with Crippen LogP contribution in [0, 0.1) is 19.6 Å². The number of rotatable bonds is 4. The number of anilines is 1. The second-order valence-electron chi connectivity index (χ2n) is 4.77. The number of benzene rings is 1. The molecule has 0 aromatic heterocycles. The zero-order chi connectivity index (χ0) is 15.6. The van der Waals surface area contributed by atoms with Crippen molar-refractivity contribution < 1.29 is 14.5 Å². The van der Waals surface area contributed by atoms with Crippen LogP contribution in [0.3, 0.4) is 0 Å². The van der Waals surface area contributed by atoms with Crippen molar-refractivity contribution in [1.82, 2.24) is 0 Å². The largest absolute Gasteiger partial charge is 0.306 e. The predicted octanol–water partition coefficient (Wildman–Crippen LogP) is 2.83. The van der Waals surface area contributed by atoms with Crippen molar-refractivity contribution >= 4 is 56.7 Å². The highest BCUT2D eigenvalue weighted by molar-refractivity contribution is 14.1. The quantitative estimate of drug-likeness (QED) is 0.425. The normalized spacial score (nSPS) is 18.1. The Bertz CT molecular complexity index is 608. The molecule has 1 saturated heterocycles. The number of carbonyl (C=O) groups is 2. The second-order valence-corrected chi connectivity index (χ2v) is 7.21. The number of nitro benzene ring substituents is 1. The van der Waals surface area contributed by atoms with E-state index in [1.165, 1.54) is 29.7 Å². The van der Waals surface area contributed by atoms with Crippen molar-refractivity contribution in [2.75, 3.05) is 17.2 Å². The molecule has 0 saturated carbocycles. The molecule has 1 amide bonds. The van der Waals surface area contributed by atoms with Crippen LogP contribution >= 0.6 is 34.4 Å². The minimum absolute atomic E-state index is 0.0149. The Morgan fingerprint density at radius 3 is 2.90 bits per heavy atom. The summed E-state index contributed by atoms with van der Waals surface area (Å²) < 4.78 is 0.749. The third-order valence-corrected chi connectivity index (χ3v) is 4.87. The average molecular weight is 420 g/mol. The predicted molar refractivity (Wildman–Crippen MR) is 89.4 cm³/mol. The highest BCUT2D eigenvalue weighted by Crippen LogP contribution is 2.34. The van der Waals surface area contributed by atoms with Crippen LogP contribution in [0.1, 0.15) is 13.3 Å². The molecular formula is C13H13IN2O4S.